The highest BCUT2D eigenvalue weighted by molar-refractivity contribution is 9.10. The van der Waals surface area contributed by atoms with Gasteiger partial charge in [-0.2, -0.15) is 0 Å². The molecule has 47 heteroatoms. The van der Waals surface area contributed by atoms with E-state index in [9.17, 15) is 127 Å². The third kappa shape index (κ3) is 44.9. The molecule has 5 aromatic rings. The molecule has 2 fully saturated rings. The fourth-order valence-electron chi connectivity index (χ4n) is 14.9. The molecular formula is C90H123BrN18O28. The summed E-state index contributed by atoms with van der Waals surface area (Å²) in [5.74, 6) is -13.6. The van der Waals surface area contributed by atoms with Crippen molar-refractivity contribution in [2.75, 3.05) is 170 Å². The van der Waals surface area contributed by atoms with Crippen molar-refractivity contribution in [1.82, 2.24) is 90.9 Å². The molecule has 0 unspecified atom stereocenters. The largest absolute Gasteiger partial charge is 0.481 e. The molecule has 0 radical (unpaired) electrons. The van der Waals surface area contributed by atoms with E-state index in [1.54, 1.807) is 117 Å². The predicted molar refractivity (Wildman–Crippen MR) is 494 cm³/mol. The number of hydrogen-bond donors (Lipinski definition) is 16. The van der Waals surface area contributed by atoms with E-state index in [4.69, 9.17) is 10.2 Å². The van der Waals surface area contributed by atoms with Gasteiger partial charge in [0.25, 0.3) is 11.8 Å². The van der Waals surface area contributed by atoms with Crippen molar-refractivity contribution >= 4 is 134 Å². The second-order valence-corrected chi connectivity index (χ2v) is 34.0. The van der Waals surface area contributed by atoms with Crippen molar-refractivity contribution in [2.45, 2.75) is 128 Å². The number of unbranched alkanes of at least 4 members (excludes halogenated alkanes) is 2. The number of ketones is 2. The van der Waals surface area contributed by atoms with Crippen LogP contribution < -0.4 is 31.9 Å². The second-order valence-electron chi connectivity index (χ2n) is 33.1. The SMILES string of the molecule is CC(=O)[C@@H](CCC(=O)O)NC(=O)N[C@H](CCCCN(Cc1ccc(Br)nc1)C(=O)c1ccc(CNC(=O)CN2CCN(CC(=O)O)CCN(CC(=O)O)CCN(CC(=O)O)CC2)cc1)C(=O)O.CC(=O)[C@@H](CCC(=O)O)NC(=O)N[C@H](CCCCN(Cc1nccc2ccccc12)C(=O)c1ccc(CNC(=O)CN2CCN(CC(=O)O)CCN(CC(=O)O)CCN(CC(=O)O)CC2)cc1)C(=O)O. The fraction of sp³-hybridized carbons (Fsp3) is 0.511. The first-order chi connectivity index (χ1) is 65.1. The summed E-state index contributed by atoms with van der Waals surface area (Å²) in [6.45, 7) is 5.45. The molecule has 4 atom stereocenters. The number of carboxylic acids is 10. The summed E-state index contributed by atoms with van der Waals surface area (Å²) in [5, 5.41) is 111. The number of halogens is 1. The number of nitrogens with zero attached hydrogens (tertiary/aromatic N) is 12. The van der Waals surface area contributed by atoms with Gasteiger partial charge in [0.2, 0.25) is 11.8 Å². The van der Waals surface area contributed by atoms with E-state index in [1.165, 1.54) is 13.8 Å². The lowest BCUT2D eigenvalue weighted by molar-refractivity contribution is -0.140. The number of pyridine rings is 2. The number of aromatic nitrogens is 2. The number of aliphatic carboxylic acids is 10. The Morgan fingerprint density at radius 1 is 0.350 bits per heavy atom. The minimum absolute atomic E-state index is 0.00988. The molecule has 4 heterocycles. The van der Waals surface area contributed by atoms with Crippen LogP contribution in [0.5, 0.6) is 0 Å². The minimum atomic E-state index is -1.34. The van der Waals surface area contributed by atoms with Gasteiger partial charge in [-0.3, -0.25) is 111 Å². The Kier molecular flexibility index (Phi) is 49.0. The van der Waals surface area contributed by atoms with Crippen LogP contribution >= 0.6 is 15.9 Å². The normalized spacial score (nSPS) is 15.4. The Morgan fingerprint density at radius 3 is 0.971 bits per heavy atom. The molecule has 46 nitrogen and oxygen atoms in total. The monoisotopic (exact) mass is 1980 g/mol. The summed E-state index contributed by atoms with van der Waals surface area (Å²) in [7, 11) is 0. The number of nitrogens with one attached hydrogen (secondary N) is 6. The summed E-state index contributed by atoms with van der Waals surface area (Å²) >= 11 is 3.30. The van der Waals surface area contributed by atoms with Crippen LogP contribution in [0.4, 0.5) is 9.59 Å². The molecule has 3 aromatic carbocycles. The summed E-state index contributed by atoms with van der Waals surface area (Å²) in [6.07, 6.45) is 3.38. The molecule has 2 aliphatic rings. The summed E-state index contributed by atoms with van der Waals surface area (Å²) in [5.41, 5.74) is 3.40. The molecule has 748 valence electrons. The number of benzene rings is 3. The Morgan fingerprint density at radius 2 is 0.664 bits per heavy atom. The van der Waals surface area contributed by atoms with Crippen LogP contribution in [-0.4, -0.2) is 411 Å². The third-order valence-electron chi connectivity index (χ3n) is 22.4. The van der Waals surface area contributed by atoms with Gasteiger partial charge in [-0.15, -0.1) is 0 Å². The molecule has 2 saturated heterocycles. The first-order valence-corrected chi connectivity index (χ1v) is 45.3. The number of rotatable bonds is 50. The van der Waals surface area contributed by atoms with E-state index < -0.39 is 107 Å². The quantitative estimate of drug-likeness (QED) is 0.0191. The number of Topliss-reactive ketones (excluding diaryl/α,β-unsaturated/α-hetero) is 2. The van der Waals surface area contributed by atoms with Crippen LogP contribution in [0.2, 0.25) is 0 Å². The molecule has 2 aromatic heterocycles. The maximum atomic E-state index is 14.2. The van der Waals surface area contributed by atoms with Crippen LogP contribution in [-0.2, 0) is 93.3 Å². The zero-order valence-electron chi connectivity index (χ0n) is 76.5. The molecule has 0 saturated carbocycles. The van der Waals surface area contributed by atoms with Crippen molar-refractivity contribution < 1.29 is 137 Å². The number of carboxylic acid groups (broad SMARTS) is 10. The highest BCUT2D eigenvalue weighted by atomic mass is 79.9. The summed E-state index contributed by atoms with van der Waals surface area (Å²) < 4.78 is 0.598. The molecule has 137 heavy (non-hydrogen) atoms. The van der Waals surface area contributed by atoms with Gasteiger partial charge < -0.3 is 92.8 Å². The van der Waals surface area contributed by atoms with Gasteiger partial charge in [0.1, 0.15) is 16.7 Å². The smallest absolute Gasteiger partial charge is 0.326 e. The van der Waals surface area contributed by atoms with Crippen LogP contribution in [0.15, 0.2) is 108 Å². The van der Waals surface area contributed by atoms with E-state index in [0.29, 0.717) is 45.4 Å². The molecule has 0 spiro atoms. The van der Waals surface area contributed by atoms with E-state index >= 15 is 0 Å². The Bertz CT molecular complexity index is 4840. The second kappa shape index (κ2) is 59.7. The topological polar surface area (TPSA) is 640 Å². The van der Waals surface area contributed by atoms with E-state index in [2.05, 4.69) is 57.8 Å². The number of urea groups is 2. The number of amides is 8. The van der Waals surface area contributed by atoms with Gasteiger partial charge in [0.05, 0.1) is 76.7 Å². The molecule has 7 rings (SSSR count). The van der Waals surface area contributed by atoms with Crippen LogP contribution in [0.25, 0.3) is 10.8 Å². The minimum Gasteiger partial charge on any atom is -0.481 e. The average Bonchev–Trinajstić information content (AvgIpc) is 0.812. The molecule has 0 bridgehead atoms. The van der Waals surface area contributed by atoms with Gasteiger partial charge in [-0.05, 0) is 140 Å². The highest BCUT2D eigenvalue weighted by Crippen LogP contribution is 2.22. The number of hydrogen-bond acceptors (Lipinski definition) is 28. The van der Waals surface area contributed by atoms with Gasteiger partial charge >= 0.3 is 71.8 Å². The molecule has 8 amide bonds. The van der Waals surface area contributed by atoms with Crippen LogP contribution in [0, 0.1) is 0 Å². The van der Waals surface area contributed by atoms with Crippen molar-refractivity contribution in [3.63, 3.8) is 0 Å². The first-order valence-electron chi connectivity index (χ1n) is 44.5. The van der Waals surface area contributed by atoms with Gasteiger partial charge in [0.15, 0.2) is 11.6 Å². The van der Waals surface area contributed by atoms with E-state index in [0.717, 1.165) is 16.3 Å². The van der Waals surface area contributed by atoms with E-state index in [1.807, 2.05) is 35.2 Å². The van der Waals surface area contributed by atoms with Crippen molar-refractivity contribution in [3.8, 4) is 0 Å². The maximum absolute atomic E-state index is 14.2. The van der Waals surface area contributed by atoms with Gasteiger partial charge in [0, 0.05) is 179 Å². The number of fused-ring (bicyclic) bond motifs is 1. The van der Waals surface area contributed by atoms with Crippen molar-refractivity contribution in [3.05, 3.63) is 142 Å². The molecule has 16 N–H and O–H groups in total. The fourth-order valence-corrected chi connectivity index (χ4v) is 15.2. The Labute approximate surface area is 798 Å². The van der Waals surface area contributed by atoms with Crippen molar-refractivity contribution in [2.24, 2.45) is 0 Å². The lowest BCUT2D eigenvalue weighted by Gasteiger charge is -2.32. The Balaban J connectivity index is 0.000000421. The van der Waals surface area contributed by atoms with Gasteiger partial charge in [-0.25, -0.2) is 24.2 Å². The third-order valence-corrected chi connectivity index (χ3v) is 22.9. The van der Waals surface area contributed by atoms with Crippen molar-refractivity contribution in [1.29, 1.82) is 0 Å². The summed E-state index contributed by atoms with van der Waals surface area (Å²) in [4.78, 5) is 245. The lowest BCUT2D eigenvalue weighted by atomic mass is 10.1. The zero-order valence-corrected chi connectivity index (χ0v) is 78.1. The Hall–Kier alpha value is -13.2. The summed E-state index contributed by atoms with van der Waals surface area (Å²) in [6, 6.07) is 19.5. The maximum Gasteiger partial charge on any atom is 0.326 e. The predicted octanol–water partition coefficient (Wildman–Crippen LogP) is 1.04. The number of carbonyl (C=O) groups excluding carboxylic acids is 8. The molecule has 0 aliphatic carbocycles. The standard InChI is InChI=1S/C47H63N9O14.C43H60BrN9O14/c1-32(57)37(13-14-41(59)60)50-47(70)51-38(46(68)69)8-4-5-17-56(27-39-36-7-3-2-6-34(36)15-16-48-39)45(67)35-11-9-33(10-12-35)26-49-40(58)28-52-18-20-53(29-42(61)62)22-24-55(31-44(65)66)25-23-54(21-19-52)30-43(63)64;1-29(54)33(10-12-37(56)57)47-43(67)48-34(42(65)66)4-2-3-13-53(24-31-7-11-35(44)45-23-31)41(64)32-8-5-30(6-9-32)22-46-36(55)25-49-14-16-50(26-38(58)59)18-20-52(28-40(62)63)21-19-51(17-15-49)27-39(60)61/h2-3,6-7,9-12,15-16,37-38H,4-5,8,13-14,17-31H2,1H3,(H,49,58)(H,59,60)(H,61,62)(H,63,64)(H,65,66)(H,68,69)(H2,50,51,70);5-9,11,23,33-34H,2-4,10,12-22,24-28H2,1H3,(H,46,55)(H,56,57)(H,58,59)(H,60,61)(H,62,63)(H,65,66)(H2,47,48,67)/t37-,38-;33-,34-/m11/s1. The molecular weight excluding hydrogens is 1860 g/mol. The van der Waals surface area contributed by atoms with Crippen LogP contribution in [0.1, 0.15) is 121 Å². The zero-order chi connectivity index (χ0) is 101. The molecule has 2 aliphatic heterocycles. The van der Waals surface area contributed by atoms with E-state index in [-0.39, 0.29) is 271 Å². The highest BCUT2D eigenvalue weighted by Gasteiger charge is 2.31. The lowest BCUT2D eigenvalue weighted by Crippen LogP contribution is -2.50. The average molecular weight is 1980 g/mol. The van der Waals surface area contributed by atoms with Gasteiger partial charge in [-0.1, -0.05) is 54.6 Å². The number of carbonyl (C=O) groups is 18. The first kappa shape index (κ1) is 113. The van der Waals surface area contributed by atoms with Crippen LogP contribution in [0.3, 0.4) is 0 Å².